The number of carbonyl (C=O) groups is 1. The standard InChI is InChI=1S/C19H16Cl2F3NO/c20-15-9-8-14(11-16(15)21)12-4-6-13(7-5-12)18(26)25-10-2-1-3-17(25)19(22,23)24/h4-9,11,17H,1-3,10H2. The zero-order valence-electron chi connectivity index (χ0n) is 13.7. The van der Waals surface area contributed by atoms with Crippen molar-refractivity contribution in [3.63, 3.8) is 0 Å². The molecule has 2 aromatic rings. The van der Waals surface area contributed by atoms with Crippen molar-refractivity contribution in [2.75, 3.05) is 6.54 Å². The van der Waals surface area contributed by atoms with Gasteiger partial charge in [-0.2, -0.15) is 13.2 Å². The van der Waals surface area contributed by atoms with Crippen molar-refractivity contribution in [3.05, 3.63) is 58.1 Å². The molecule has 7 heteroatoms. The summed E-state index contributed by atoms with van der Waals surface area (Å²) in [4.78, 5) is 13.5. The number of alkyl halides is 3. The van der Waals surface area contributed by atoms with Crippen LogP contribution in [0.5, 0.6) is 0 Å². The molecule has 1 saturated heterocycles. The highest BCUT2D eigenvalue weighted by Crippen LogP contribution is 2.33. The Kier molecular flexibility index (Phi) is 5.49. The minimum absolute atomic E-state index is 0.0450. The van der Waals surface area contributed by atoms with Gasteiger partial charge in [-0.3, -0.25) is 4.79 Å². The topological polar surface area (TPSA) is 20.3 Å². The Labute approximate surface area is 159 Å². The molecule has 26 heavy (non-hydrogen) atoms. The van der Waals surface area contributed by atoms with E-state index in [1.807, 2.05) is 0 Å². The summed E-state index contributed by atoms with van der Waals surface area (Å²) in [6.45, 7) is 0.123. The first-order chi connectivity index (χ1) is 12.3. The normalized spacial score (nSPS) is 18.0. The van der Waals surface area contributed by atoms with Gasteiger partial charge in [0.15, 0.2) is 0 Å². The number of halogens is 5. The van der Waals surface area contributed by atoms with Crippen LogP contribution in [-0.4, -0.2) is 29.6 Å². The molecule has 0 bridgehead atoms. The second kappa shape index (κ2) is 7.49. The second-order valence-electron chi connectivity index (χ2n) is 6.26. The number of carbonyl (C=O) groups excluding carboxylic acids is 1. The van der Waals surface area contributed by atoms with E-state index in [-0.39, 0.29) is 18.5 Å². The van der Waals surface area contributed by atoms with E-state index in [1.54, 1.807) is 42.5 Å². The third kappa shape index (κ3) is 3.99. The van der Waals surface area contributed by atoms with Gasteiger partial charge in [-0.25, -0.2) is 0 Å². The highest BCUT2D eigenvalue weighted by atomic mass is 35.5. The van der Waals surface area contributed by atoms with E-state index >= 15 is 0 Å². The molecule has 1 aliphatic rings. The van der Waals surface area contributed by atoms with Crippen molar-refractivity contribution >= 4 is 29.1 Å². The van der Waals surface area contributed by atoms with E-state index < -0.39 is 18.1 Å². The number of likely N-dealkylation sites (tertiary alicyclic amines) is 1. The lowest BCUT2D eigenvalue weighted by atomic mass is 9.99. The van der Waals surface area contributed by atoms with Gasteiger partial charge in [0.2, 0.25) is 0 Å². The summed E-state index contributed by atoms with van der Waals surface area (Å²) < 4.78 is 39.6. The first kappa shape index (κ1) is 19.1. The van der Waals surface area contributed by atoms with Gasteiger partial charge in [0.05, 0.1) is 10.0 Å². The molecule has 0 spiro atoms. The third-order valence-corrected chi connectivity index (χ3v) is 5.27. The molecule has 1 fully saturated rings. The summed E-state index contributed by atoms with van der Waals surface area (Å²) in [5, 5.41) is 0.844. The summed E-state index contributed by atoms with van der Waals surface area (Å²) >= 11 is 11.9. The molecule has 1 heterocycles. The lowest BCUT2D eigenvalue weighted by molar-refractivity contribution is -0.183. The summed E-state index contributed by atoms with van der Waals surface area (Å²) in [5.41, 5.74) is 1.85. The average molecular weight is 402 g/mol. The number of rotatable bonds is 2. The van der Waals surface area contributed by atoms with Gasteiger partial charge in [-0.05, 0) is 54.7 Å². The maximum Gasteiger partial charge on any atom is 0.408 e. The van der Waals surface area contributed by atoms with Crippen LogP contribution in [0.2, 0.25) is 10.0 Å². The molecule has 0 N–H and O–H groups in total. The van der Waals surface area contributed by atoms with Crippen molar-refractivity contribution in [3.8, 4) is 11.1 Å². The number of piperidine rings is 1. The molecule has 1 unspecified atom stereocenters. The van der Waals surface area contributed by atoms with E-state index in [2.05, 4.69) is 0 Å². The first-order valence-corrected chi connectivity index (χ1v) is 8.96. The second-order valence-corrected chi connectivity index (χ2v) is 7.07. The minimum Gasteiger partial charge on any atom is -0.327 e. The largest absolute Gasteiger partial charge is 0.408 e. The molecule has 1 atom stereocenters. The summed E-state index contributed by atoms with van der Waals surface area (Å²) in [6, 6.07) is 9.92. The Hall–Kier alpha value is -1.72. The highest BCUT2D eigenvalue weighted by Gasteiger charge is 2.46. The number of amides is 1. The third-order valence-electron chi connectivity index (χ3n) is 4.53. The molecule has 1 amide bonds. The Morgan fingerprint density at radius 2 is 1.62 bits per heavy atom. The first-order valence-electron chi connectivity index (χ1n) is 8.20. The van der Waals surface area contributed by atoms with Crippen molar-refractivity contribution in [2.24, 2.45) is 0 Å². The Morgan fingerprint density at radius 1 is 0.962 bits per heavy atom. The maximum atomic E-state index is 13.2. The molecule has 1 aliphatic heterocycles. The van der Waals surface area contributed by atoms with Crippen molar-refractivity contribution in [1.29, 1.82) is 0 Å². The number of nitrogens with zero attached hydrogens (tertiary/aromatic N) is 1. The maximum absolute atomic E-state index is 13.2. The summed E-state index contributed by atoms with van der Waals surface area (Å²) in [7, 11) is 0. The molecule has 0 aliphatic carbocycles. The van der Waals surface area contributed by atoms with E-state index in [9.17, 15) is 18.0 Å². The van der Waals surface area contributed by atoms with Crippen LogP contribution < -0.4 is 0 Å². The average Bonchev–Trinajstić information content (AvgIpc) is 2.63. The van der Waals surface area contributed by atoms with E-state index in [4.69, 9.17) is 23.2 Å². The fourth-order valence-corrected chi connectivity index (χ4v) is 3.46. The van der Waals surface area contributed by atoms with Crippen LogP contribution in [0.15, 0.2) is 42.5 Å². The van der Waals surface area contributed by atoms with Gasteiger partial charge in [0.25, 0.3) is 5.91 Å². The molecule has 0 aromatic heterocycles. The zero-order valence-corrected chi connectivity index (χ0v) is 15.2. The van der Waals surface area contributed by atoms with Crippen LogP contribution in [-0.2, 0) is 0 Å². The van der Waals surface area contributed by atoms with Crippen LogP contribution >= 0.6 is 23.2 Å². The molecule has 0 saturated carbocycles. The van der Waals surface area contributed by atoms with Crippen LogP contribution in [0, 0.1) is 0 Å². The monoisotopic (exact) mass is 401 g/mol. The Balaban J connectivity index is 1.83. The van der Waals surface area contributed by atoms with E-state index in [1.165, 1.54) is 0 Å². The van der Waals surface area contributed by atoms with Gasteiger partial charge < -0.3 is 4.90 Å². The fraction of sp³-hybridized carbons (Fsp3) is 0.316. The van der Waals surface area contributed by atoms with E-state index in [0.717, 1.165) is 16.0 Å². The lowest BCUT2D eigenvalue weighted by Gasteiger charge is -2.36. The molecule has 138 valence electrons. The molecular formula is C19H16Cl2F3NO. The van der Waals surface area contributed by atoms with Gasteiger partial charge in [0.1, 0.15) is 6.04 Å². The quantitative estimate of drug-likeness (QED) is 0.584. The van der Waals surface area contributed by atoms with Gasteiger partial charge in [-0.1, -0.05) is 41.4 Å². The summed E-state index contributed by atoms with van der Waals surface area (Å²) in [5.74, 6) is -0.590. The van der Waals surface area contributed by atoms with Gasteiger partial charge in [0, 0.05) is 12.1 Å². The predicted molar refractivity (Wildman–Crippen MR) is 96.6 cm³/mol. The van der Waals surface area contributed by atoms with Crippen molar-refractivity contribution in [1.82, 2.24) is 4.90 Å². The van der Waals surface area contributed by atoms with Crippen LogP contribution in [0.4, 0.5) is 13.2 Å². The van der Waals surface area contributed by atoms with Crippen molar-refractivity contribution < 1.29 is 18.0 Å². The smallest absolute Gasteiger partial charge is 0.327 e. The Morgan fingerprint density at radius 3 is 2.23 bits per heavy atom. The van der Waals surface area contributed by atoms with Crippen LogP contribution in [0.25, 0.3) is 11.1 Å². The fourth-order valence-electron chi connectivity index (χ4n) is 3.16. The van der Waals surface area contributed by atoms with Crippen LogP contribution in [0.3, 0.4) is 0 Å². The lowest BCUT2D eigenvalue weighted by Crippen LogP contribution is -2.51. The Bertz CT molecular complexity index is 805. The zero-order chi connectivity index (χ0) is 18.9. The van der Waals surface area contributed by atoms with Gasteiger partial charge >= 0.3 is 6.18 Å². The minimum atomic E-state index is -4.41. The number of hydrogen-bond acceptors (Lipinski definition) is 1. The van der Waals surface area contributed by atoms with Crippen molar-refractivity contribution in [2.45, 2.75) is 31.5 Å². The van der Waals surface area contributed by atoms with Crippen LogP contribution in [0.1, 0.15) is 29.6 Å². The van der Waals surface area contributed by atoms with E-state index in [0.29, 0.717) is 22.9 Å². The van der Waals surface area contributed by atoms with Gasteiger partial charge in [-0.15, -0.1) is 0 Å². The predicted octanol–water partition coefficient (Wildman–Crippen LogP) is 6.22. The molecule has 0 radical (unpaired) electrons. The number of benzene rings is 2. The molecule has 2 nitrogen and oxygen atoms in total. The SMILES string of the molecule is O=C(c1ccc(-c2ccc(Cl)c(Cl)c2)cc1)N1CCCCC1C(F)(F)F. The summed E-state index contributed by atoms with van der Waals surface area (Å²) in [6.07, 6.45) is -3.39. The number of hydrogen-bond donors (Lipinski definition) is 0. The molecule has 3 rings (SSSR count). The molecule has 2 aromatic carbocycles. The highest BCUT2D eigenvalue weighted by molar-refractivity contribution is 6.42. The molecular weight excluding hydrogens is 386 g/mol.